The molecule has 0 spiro atoms. The van der Waals surface area contributed by atoms with Crippen LogP contribution >= 0.6 is 0 Å². The molecular formula is C80H108N16O12. The highest BCUT2D eigenvalue weighted by atomic mass is 16.2. The molecule has 4 aromatic rings. The van der Waals surface area contributed by atoms with E-state index in [9.17, 15) is 57.5 Å². The number of hydrogen-bond acceptors (Lipinski definition) is 16. The van der Waals surface area contributed by atoms with Crippen LogP contribution in [0, 0.1) is 41.4 Å². The van der Waals surface area contributed by atoms with Crippen molar-refractivity contribution < 1.29 is 57.5 Å². The van der Waals surface area contributed by atoms with Gasteiger partial charge in [-0.25, -0.2) is 0 Å². The van der Waals surface area contributed by atoms with Gasteiger partial charge in [-0.3, -0.25) is 57.5 Å². The zero-order valence-electron chi connectivity index (χ0n) is 61.6. The fourth-order valence-electron chi connectivity index (χ4n) is 17.1. The van der Waals surface area contributed by atoms with Gasteiger partial charge < -0.3 is 85.5 Å². The third kappa shape index (κ3) is 22.7. The standard InChI is InChI=1S/C80H108N16O12/c1-47(97)86-53(32-49-19-8-3-9-20-49)36-72(100)91-67-44-83-40-60(67)78(106)89-55(34-51-23-12-5-13-24-51)37-71(99)90-63-28-14-25-56(63)75(103)95-68-45-84-41-61(68)80(108)94-65-30-16-27-58(65)76(104)96-69-46-85-42-62(69)79(107)93-64-29-15-26-57(64)74(102)88-54(33-50-21-10-4-11-22-50)38-73(101)92-66-43-82-39-59(66)77(105)87-52(35-70(81)98)31-48-17-6-2-7-18-48/h2-13,17-24,52-69,82-85H,14-16,25-46H2,1H3,(H2,81,98)(H,86,97)(H,87,105)(H,88,102)(H,89,106)(H,90,99)(H,91,100)(H,92,101)(H,93,107)(H,94,108)(H,95,103)(H,96,104)/t52-,53-,54-,55-,56-,57-,58-,59-,60-,61-,62-,63-,64-,65-,66-,67-,68-,69-/m0/s1. The predicted octanol–water partition coefficient (Wildman–Crippen LogP) is -0.367. The summed E-state index contributed by atoms with van der Waals surface area (Å²) in [7, 11) is 0. The van der Waals surface area contributed by atoms with E-state index in [4.69, 9.17) is 5.73 Å². The van der Waals surface area contributed by atoms with Crippen LogP contribution in [0.5, 0.6) is 0 Å². The maximum atomic E-state index is 14.4. The Hall–Kier alpha value is -9.64. The van der Waals surface area contributed by atoms with Crippen molar-refractivity contribution in [1.29, 1.82) is 0 Å². The minimum atomic E-state index is -0.659. The lowest BCUT2D eigenvalue weighted by Gasteiger charge is -2.29. The SMILES string of the molecule is CC(=O)N[C@H](CC(=O)N[C@H]1CNC[C@@H]1C(=O)N[C@H](CC(=O)N[C@H]1CCC[C@@H]1C(=O)N[C@H]1CNC[C@@H]1C(=O)N[C@H]1CCC[C@@H]1C(=O)N[C@H]1CNC[C@@H]1C(=O)N[C@H]1CCC[C@@H]1C(=O)N[C@H](CC(=O)N[C@H]1CNC[C@@H]1C(=O)N[C@H](CC(N)=O)Cc1ccccc1)Cc1ccccc1)Cc1ccccc1)Cc1ccccc1. The fraction of sp³-hybridized carbons (Fsp3) is 0.550. The molecule has 12 amide bonds. The monoisotopic (exact) mass is 1480 g/mol. The molecule has 0 aromatic heterocycles. The van der Waals surface area contributed by atoms with Gasteiger partial charge in [0.05, 0.1) is 65.6 Å². The molecular weight excluding hydrogens is 1380 g/mol. The second kappa shape index (κ2) is 38.9. The van der Waals surface area contributed by atoms with Crippen LogP contribution in [0.4, 0.5) is 0 Å². The number of nitrogens with two attached hydrogens (primary N) is 1. The molecule has 28 nitrogen and oxygen atoms in total. The first-order valence-electron chi connectivity index (χ1n) is 38.8. The highest BCUT2D eigenvalue weighted by Gasteiger charge is 2.46. The molecule has 4 heterocycles. The number of carbonyl (C=O) groups is 12. The van der Waals surface area contributed by atoms with Gasteiger partial charge in [0.1, 0.15) is 0 Å². The first kappa shape index (κ1) is 79.4. The van der Waals surface area contributed by atoms with E-state index >= 15 is 0 Å². The van der Waals surface area contributed by atoms with Crippen LogP contribution in [-0.2, 0) is 83.2 Å². The number of nitrogens with one attached hydrogen (secondary N) is 15. The van der Waals surface area contributed by atoms with E-state index in [1.807, 2.05) is 121 Å². The van der Waals surface area contributed by atoms with Gasteiger partial charge in [0.25, 0.3) is 0 Å². The van der Waals surface area contributed by atoms with E-state index in [-0.39, 0.29) is 97.2 Å². The van der Waals surface area contributed by atoms with Gasteiger partial charge in [0.2, 0.25) is 70.9 Å². The van der Waals surface area contributed by atoms with Gasteiger partial charge in [-0.15, -0.1) is 0 Å². The summed E-state index contributed by atoms with van der Waals surface area (Å²) in [6, 6.07) is 32.0. The molecule has 17 N–H and O–H groups in total. The van der Waals surface area contributed by atoms with E-state index in [1.165, 1.54) is 6.92 Å². The van der Waals surface area contributed by atoms with Gasteiger partial charge in [-0.1, -0.05) is 141 Å². The Bertz CT molecular complexity index is 3770. The molecule has 0 radical (unpaired) electrons. The van der Waals surface area contributed by atoms with Crippen molar-refractivity contribution in [2.75, 3.05) is 52.4 Å². The molecule has 3 aliphatic carbocycles. The van der Waals surface area contributed by atoms with Gasteiger partial charge in [-0.2, -0.15) is 0 Å². The molecule has 4 saturated heterocycles. The summed E-state index contributed by atoms with van der Waals surface area (Å²) in [6.45, 7) is 3.95. The zero-order chi connectivity index (χ0) is 76.1. The molecule has 18 atom stereocenters. The summed E-state index contributed by atoms with van der Waals surface area (Å²) in [5.41, 5.74) is 9.28. The van der Waals surface area contributed by atoms with Gasteiger partial charge in [-0.05, 0) is 86.5 Å². The van der Waals surface area contributed by atoms with Crippen molar-refractivity contribution >= 4 is 70.9 Å². The van der Waals surface area contributed by atoms with E-state index in [1.54, 1.807) is 0 Å². The molecule has 28 heteroatoms. The van der Waals surface area contributed by atoms with Crippen molar-refractivity contribution in [3.05, 3.63) is 144 Å². The largest absolute Gasteiger partial charge is 0.370 e. The summed E-state index contributed by atoms with van der Waals surface area (Å²) in [5.74, 6) is -8.26. The lowest BCUT2D eigenvalue weighted by atomic mass is 9.95. The molecule has 0 unspecified atom stereocenters. The van der Waals surface area contributed by atoms with Crippen LogP contribution in [0.25, 0.3) is 0 Å². The van der Waals surface area contributed by atoms with Gasteiger partial charge >= 0.3 is 0 Å². The first-order chi connectivity index (χ1) is 52.2. The summed E-state index contributed by atoms with van der Waals surface area (Å²) < 4.78 is 0. The first-order valence-corrected chi connectivity index (χ1v) is 38.8. The normalized spacial score (nSPS) is 26.8. The van der Waals surface area contributed by atoms with Gasteiger partial charge in [0.15, 0.2) is 0 Å². The van der Waals surface area contributed by atoms with Crippen molar-refractivity contribution in [1.82, 2.24) is 79.8 Å². The Balaban J connectivity index is 0.633. The number of amides is 12. The Labute approximate surface area is 631 Å². The minimum Gasteiger partial charge on any atom is -0.370 e. The average molecular weight is 1490 g/mol. The Morgan fingerprint density at radius 1 is 0.306 bits per heavy atom. The van der Waals surface area contributed by atoms with Gasteiger partial charge in [0, 0.05) is 127 Å². The van der Waals surface area contributed by atoms with Crippen LogP contribution in [0.3, 0.4) is 0 Å². The molecule has 11 rings (SSSR count). The number of rotatable bonds is 34. The van der Waals surface area contributed by atoms with Crippen molar-refractivity contribution in [2.24, 2.45) is 47.2 Å². The average Bonchev–Trinajstić information content (AvgIpc) is 1.67. The zero-order valence-corrected chi connectivity index (χ0v) is 61.6. The Morgan fingerprint density at radius 3 is 0.880 bits per heavy atom. The van der Waals surface area contributed by atoms with Crippen LogP contribution in [0.2, 0.25) is 0 Å². The van der Waals surface area contributed by atoms with Crippen LogP contribution in [0.1, 0.15) is 113 Å². The van der Waals surface area contributed by atoms with E-state index in [0.29, 0.717) is 129 Å². The Kier molecular flexibility index (Phi) is 28.6. The molecule has 4 aromatic carbocycles. The topological polar surface area (TPSA) is 411 Å². The lowest BCUT2D eigenvalue weighted by molar-refractivity contribution is -0.131. The van der Waals surface area contributed by atoms with Crippen LogP contribution in [-0.4, -0.2) is 190 Å². The Morgan fingerprint density at radius 2 is 0.556 bits per heavy atom. The second-order valence-electron chi connectivity index (χ2n) is 30.7. The number of carbonyl (C=O) groups excluding carboxylic acids is 12. The smallest absolute Gasteiger partial charge is 0.226 e. The quantitative estimate of drug-likeness (QED) is 0.0284. The number of benzene rings is 4. The van der Waals surface area contributed by atoms with E-state index in [2.05, 4.69) is 79.8 Å². The minimum absolute atomic E-state index is 0.0129. The lowest BCUT2D eigenvalue weighted by Crippen LogP contribution is -2.54. The highest BCUT2D eigenvalue weighted by molar-refractivity contribution is 5.89. The van der Waals surface area contributed by atoms with E-state index in [0.717, 1.165) is 22.3 Å². The van der Waals surface area contributed by atoms with Crippen molar-refractivity contribution in [3.8, 4) is 0 Å². The molecule has 7 fully saturated rings. The summed E-state index contributed by atoms with van der Waals surface area (Å²) in [5, 5.41) is 46.9. The highest BCUT2D eigenvalue weighted by Crippen LogP contribution is 2.31. The number of primary amides is 1. The molecule has 0 bridgehead atoms. The summed E-state index contributed by atoms with van der Waals surface area (Å²) >= 11 is 0. The summed E-state index contributed by atoms with van der Waals surface area (Å²) in [4.78, 5) is 165. The maximum absolute atomic E-state index is 14.4. The molecule has 580 valence electrons. The third-order valence-electron chi connectivity index (χ3n) is 22.6. The predicted molar refractivity (Wildman–Crippen MR) is 403 cm³/mol. The van der Waals surface area contributed by atoms with Crippen molar-refractivity contribution in [2.45, 2.75) is 183 Å². The summed E-state index contributed by atoms with van der Waals surface area (Å²) in [6.07, 6.45) is 6.56. The maximum Gasteiger partial charge on any atom is 0.226 e. The molecule has 108 heavy (non-hydrogen) atoms. The molecule has 3 saturated carbocycles. The number of hydrogen-bond donors (Lipinski definition) is 16. The van der Waals surface area contributed by atoms with Crippen LogP contribution in [0.15, 0.2) is 121 Å². The van der Waals surface area contributed by atoms with E-state index < -0.39 is 114 Å². The second-order valence-corrected chi connectivity index (χ2v) is 30.7. The fourth-order valence-corrected chi connectivity index (χ4v) is 17.1. The van der Waals surface area contributed by atoms with Crippen molar-refractivity contribution in [3.63, 3.8) is 0 Å². The molecule has 4 aliphatic heterocycles. The third-order valence-corrected chi connectivity index (χ3v) is 22.6. The van der Waals surface area contributed by atoms with Crippen LogP contribution < -0.4 is 85.5 Å². The molecule has 7 aliphatic rings.